The molecule has 0 saturated heterocycles. The van der Waals surface area contributed by atoms with Crippen molar-refractivity contribution in [2.24, 2.45) is 0 Å². The Morgan fingerprint density at radius 2 is 2.06 bits per heavy atom. The van der Waals surface area contributed by atoms with Crippen molar-refractivity contribution in [3.63, 3.8) is 0 Å². The Bertz CT molecular complexity index is 367. The number of hydrogen-bond donors (Lipinski definition) is 1. The molecule has 0 aliphatic rings. The molecule has 18 heavy (non-hydrogen) atoms. The summed E-state index contributed by atoms with van der Waals surface area (Å²) in [5, 5.41) is 2.84. The van der Waals surface area contributed by atoms with E-state index in [1.807, 2.05) is 0 Å². The number of nitrogens with one attached hydrogen (secondary N) is 1. The first kappa shape index (κ1) is 15.3. The average molecular weight is 281 g/mol. The molecule has 0 radical (unpaired) electrons. The normalized spacial score (nSPS) is 13.6. The molecular weight excluding hydrogens is 266 g/mol. The molecule has 1 atom stereocenters. The maximum Gasteiger partial charge on any atom is 0.389 e. The van der Waals surface area contributed by atoms with Crippen LogP contribution >= 0.6 is 11.8 Å². The van der Waals surface area contributed by atoms with Crippen LogP contribution in [0, 0.1) is 5.82 Å². The predicted octanol–water partition coefficient (Wildman–Crippen LogP) is 3.85. The van der Waals surface area contributed by atoms with Crippen LogP contribution < -0.4 is 5.32 Å². The molecule has 0 amide bonds. The van der Waals surface area contributed by atoms with Gasteiger partial charge in [0, 0.05) is 23.1 Å². The van der Waals surface area contributed by atoms with E-state index in [1.54, 1.807) is 19.2 Å². The molecule has 0 aliphatic carbocycles. The summed E-state index contributed by atoms with van der Waals surface area (Å²) in [5.41, 5.74) is 0. The summed E-state index contributed by atoms with van der Waals surface area (Å²) in [6, 6.07) is 5.80. The van der Waals surface area contributed by atoms with E-state index >= 15 is 0 Å². The van der Waals surface area contributed by atoms with Crippen LogP contribution in [-0.2, 0) is 0 Å². The molecule has 0 bridgehead atoms. The molecule has 0 aromatic heterocycles. The second-order valence-electron chi connectivity index (χ2n) is 3.91. The maximum absolute atomic E-state index is 12.9. The van der Waals surface area contributed by atoms with E-state index in [9.17, 15) is 17.6 Å². The van der Waals surface area contributed by atoms with Crippen molar-refractivity contribution in [1.29, 1.82) is 0 Å². The zero-order chi connectivity index (χ0) is 13.6. The Hall–Kier alpha value is -0.750. The molecule has 1 N–H and O–H groups in total. The smallest absolute Gasteiger partial charge is 0.316 e. The van der Waals surface area contributed by atoms with E-state index in [4.69, 9.17) is 0 Å². The Morgan fingerprint density at radius 3 is 2.61 bits per heavy atom. The molecule has 1 aromatic rings. The lowest BCUT2D eigenvalue weighted by atomic mass is 10.2. The number of hydrogen-bond acceptors (Lipinski definition) is 2. The zero-order valence-corrected chi connectivity index (χ0v) is 10.7. The van der Waals surface area contributed by atoms with Crippen molar-refractivity contribution in [3.05, 3.63) is 30.1 Å². The molecule has 1 aromatic carbocycles. The summed E-state index contributed by atoms with van der Waals surface area (Å²) in [7, 11) is 1.63. The minimum atomic E-state index is -4.13. The maximum atomic E-state index is 12.9. The number of rotatable bonds is 6. The van der Waals surface area contributed by atoms with Crippen LogP contribution in [0.2, 0.25) is 0 Å². The SMILES string of the molecule is CNC(CCC(F)(F)F)CSc1cccc(F)c1. The van der Waals surface area contributed by atoms with Gasteiger partial charge in [-0.3, -0.25) is 0 Å². The van der Waals surface area contributed by atoms with Crippen LogP contribution in [0.4, 0.5) is 17.6 Å². The molecule has 0 saturated carbocycles. The largest absolute Gasteiger partial charge is 0.389 e. The average Bonchev–Trinajstić information content (AvgIpc) is 2.28. The zero-order valence-electron chi connectivity index (χ0n) is 9.93. The van der Waals surface area contributed by atoms with Crippen molar-refractivity contribution < 1.29 is 17.6 Å². The number of thioether (sulfide) groups is 1. The summed E-state index contributed by atoms with van der Waals surface area (Å²) in [5.74, 6) is 0.145. The fourth-order valence-electron chi connectivity index (χ4n) is 1.40. The van der Waals surface area contributed by atoms with Crippen molar-refractivity contribution in [3.8, 4) is 0 Å². The second kappa shape index (κ2) is 6.99. The molecule has 1 rings (SSSR count). The molecule has 102 valence electrons. The predicted molar refractivity (Wildman–Crippen MR) is 65.3 cm³/mol. The molecule has 0 heterocycles. The number of benzene rings is 1. The first-order chi connectivity index (χ1) is 8.40. The van der Waals surface area contributed by atoms with E-state index in [2.05, 4.69) is 5.32 Å². The van der Waals surface area contributed by atoms with E-state index in [0.29, 0.717) is 5.75 Å². The number of alkyl halides is 3. The van der Waals surface area contributed by atoms with Gasteiger partial charge in [-0.05, 0) is 31.7 Å². The molecule has 1 unspecified atom stereocenters. The van der Waals surface area contributed by atoms with Crippen LogP contribution in [0.3, 0.4) is 0 Å². The first-order valence-electron chi connectivity index (χ1n) is 5.53. The molecule has 6 heteroatoms. The van der Waals surface area contributed by atoms with Crippen LogP contribution in [0.5, 0.6) is 0 Å². The highest BCUT2D eigenvalue weighted by Gasteiger charge is 2.27. The molecule has 1 nitrogen and oxygen atoms in total. The third kappa shape index (κ3) is 6.26. The highest BCUT2D eigenvalue weighted by molar-refractivity contribution is 7.99. The van der Waals surface area contributed by atoms with Crippen molar-refractivity contribution >= 4 is 11.8 Å². The Labute approximate surface area is 108 Å². The Balaban J connectivity index is 2.40. The third-order valence-electron chi connectivity index (χ3n) is 2.43. The summed E-state index contributed by atoms with van der Waals surface area (Å²) >= 11 is 1.35. The van der Waals surface area contributed by atoms with Crippen LogP contribution in [0.1, 0.15) is 12.8 Å². The van der Waals surface area contributed by atoms with E-state index in [0.717, 1.165) is 4.90 Å². The van der Waals surface area contributed by atoms with Crippen LogP contribution in [0.15, 0.2) is 29.2 Å². The van der Waals surface area contributed by atoms with E-state index in [1.165, 1.54) is 23.9 Å². The van der Waals surface area contributed by atoms with Gasteiger partial charge in [-0.1, -0.05) is 6.07 Å². The van der Waals surface area contributed by atoms with Gasteiger partial charge in [0.25, 0.3) is 0 Å². The third-order valence-corrected chi connectivity index (χ3v) is 3.59. The van der Waals surface area contributed by atoms with Gasteiger partial charge >= 0.3 is 6.18 Å². The highest BCUT2D eigenvalue weighted by atomic mass is 32.2. The fourth-order valence-corrected chi connectivity index (χ4v) is 2.50. The lowest BCUT2D eigenvalue weighted by Crippen LogP contribution is -2.29. The lowest BCUT2D eigenvalue weighted by Gasteiger charge is -2.16. The van der Waals surface area contributed by atoms with Gasteiger partial charge in [-0.15, -0.1) is 11.8 Å². The molecule has 0 fully saturated rings. The standard InChI is InChI=1S/C12H15F4NS/c1-17-10(5-6-12(14,15)16)8-18-11-4-2-3-9(13)7-11/h2-4,7,10,17H,5-6,8H2,1H3. The van der Waals surface area contributed by atoms with Crippen LogP contribution in [0.25, 0.3) is 0 Å². The summed E-state index contributed by atoms with van der Waals surface area (Å²) < 4.78 is 49.2. The topological polar surface area (TPSA) is 12.0 Å². The van der Waals surface area contributed by atoms with Crippen molar-refractivity contribution in [2.75, 3.05) is 12.8 Å². The summed E-state index contributed by atoms with van der Waals surface area (Å²) in [4.78, 5) is 0.724. The molecule has 0 aliphatic heterocycles. The van der Waals surface area contributed by atoms with Gasteiger partial charge in [0.1, 0.15) is 5.82 Å². The highest BCUT2D eigenvalue weighted by Crippen LogP contribution is 2.25. The van der Waals surface area contributed by atoms with Gasteiger partial charge in [0.2, 0.25) is 0 Å². The van der Waals surface area contributed by atoms with Gasteiger partial charge in [0.05, 0.1) is 0 Å². The first-order valence-corrected chi connectivity index (χ1v) is 6.51. The summed E-state index contributed by atoms with van der Waals surface area (Å²) in [6.07, 6.45) is -4.90. The molecule has 0 spiro atoms. The molecular formula is C12H15F4NS. The Kier molecular flexibility index (Phi) is 5.95. The van der Waals surface area contributed by atoms with Crippen LogP contribution in [-0.4, -0.2) is 25.0 Å². The van der Waals surface area contributed by atoms with Crippen molar-refractivity contribution in [2.45, 2.75) is 30.0 Å². The van der Waals surface area contributed by atoms with E-state index in [-0.39, 0.29) is 18.3 Å². The minimum absolute atomic E-state index is 0.0301. The quantitative estimate of drug-likeness (QED) is 0.628. The van der Waals surface area contributed by atoms with Gasteiger partial charge < -0.3 is 5.32 Å². The fraction of sp³-hybridized carbons (Fsp3) is 0.500. The second-order valence-corrected chi connectivity index (χ2v) is 5.00. The van der Waals surface area contributed by atoms with Gasteiger partial charge in [-0.2, -0.15) is 13.2 Å². The van der Waals surface area contributed by atoms with Crippen molar-refractivity contribution in [1.82, 2.24) is 5.32 Å². The van der Waals surface area contributed by atoms with Gasteiger partial charge in [0.15, 0.2) is 0 Å². The monoisotopic (exact) mass is 281 g/mol. The van der Waals surface area contributed by atoms with E-state index < -0.39 is 12.6 Å². The minimum Gasteiger partial charge on any atom is -0.316 e. The van der Waals surface area contributed by atoms with Gasteiger partial charge in [-0.25, -0.2) is 4.39 Å². The number of halogens is 4. The lowest BCUT2D eigenvalue weighted by molar-refractivity contribution is -0.136. The Morgan fingerprint density at radius 1 is 1.33 bits per heavy atom. The summed E-state index contributed by atoms with van der Waals surface area (Å²) in [6.45, 7) is 0.